The van der Waals surface area contributed by atoms with Gasteiger partial charge in [0.2, 0.25) is 10.0 Å². The summed E-state index contributed by atoms with van der Waals surface area (Å²) in [6.45, 7) is 0. The Morgan fingerprint density at radius 1 is 0.941 bits per heavy atom. The van der Waals surface area contributed by atoms with Gasteiger partial charge in [-0.15, -0.1) is 4.13 Å². The van der Waals surface area contributed by atoms with Crippen LogP contribution in [-0.2, 0) is 20.0 Å². The fourth-order valence-corrected chi connectivity index (χ4v) is 4.74. The van der Waals surface area contributed by atoms with Gasteiger partial charge in [0.05, 0.1) is 5.25 Å². The van der Waals surface area contributed by atoms with E-state index < -0.39 is 30.8 Å². The Morgan fingerprint density at radius 3 is 1.82 bits per heavy atom. The molecule has 1 fully saturated rings. The largest absolute Gasteiger partial charge is 0.512 e. The second kappa shape index (κ2) is 4.73. The van der Waals surface area contributed by atoms with Gasteiger partial charge in [-0.2, -0.15) is 13.2 Å². The van der Waals surface area contributed by atoms with Crippen molar-refractivity contribution in [2.45, 2.75) is 42.9 Å². The molecule has 5 nitrogen and oxygen atoms in total. The van der Waals surface area contributed by atoms with Gasteiger partial charge >= 0.3 is 15.5 Å². The van der Waals surface area contributed by atoms with E-state index in [-0.39, 0.29) is 12.8 Å². The minimum absolute atomic E-state index is 0.183. The average Bonchev–Trinajstić information content (AvgIpc) is 2.15. The molecule has 102 valence electrons. The third-order valence-electron chi connectivity index (χ3n) is 2.52. The lowest BCUT2D eigenvalue weighted by atomic mass is 10.0. The van der Waals surface area contributed by atoms with Crippen LogP contribution in [0.3, 0.4) is 0 Å². The molecule has 0 aromatic carbocycles. The van der Waals surface area contributed by atoms with Crippen LogP contribution in [0.5, 0.6) is 0 Å². The number of halogens is 3. The van der Waals surface area contributed by atoms with Crippen molar-refractivity contribution in [3.63, 3.8) is 0 Å². The van der Waals surface area contributed by atoms with Gasteiger partial charge in [-0.05, 0) is 12.8 Å². The maximum absolute atomic E-state index is 12.0. The zero-order chi connectivity index (χ0) is 13.3. The molecule has 1 N–H and O–H groups in total. The van der Waals surface area contributed by atoms with Crippen LogP contribution >= 0.6 is 0 Å². The van der Waals surface area contributed by atoms with E-state index >= 15 is 0 Å². The molecule has 0 saturated heterocycles. The van der Waals surface area contributed by atoms with Gasteiger partial charge in [0, 0.05) is 0 Å². The second-order valence-electron chi connectivity index (χ2n) is 3.84. The molecule has 10 heteroatoms. The maximum atomic E-state index is 12.0. The summed E-state index contributed by atoms with van der Waals surface area (Å²) in [5.41, 5.74) is -5.62. The van der Waals surface area contributed by atoms with E-state index in [2.05, 4.69) is 0 Å². The summed E-state index contributed by atoms with van der Waals surface area (Å²) < 4.78 is 81.1. The van der Waals surface area contributed by atoms with Crippen LogP contribution in [0.15, 0.2) is 0 Å². The van der Waals surface area contributed by atoms with Crippen molar-refractivity contribution in [1.82, 2.24) is 4.13 Å². The molecule has 0 amide bonds. The molecular formula is C7H12F3NO4S2. The van der Waals surface area contributed by atoms with Crippen LogP contribution in [0.25, 0.3) is 0 Å². The maximum Gasteiger partial charge on any atom is 0.512 e. The lowest BCUT2D eigenvalue weighted by Gasteiger charge is -2.22. The minimum Gasteiger partial charge on any atom is -0.211 e. The summed E-state index contributed by atoms with van der Waals surface area (Å²) in [7, 11) is -10.3. The van der Waals surface area contributed by atoms with Crippen LogP contribution in [0.4, 0.5) is 13.2 Å². The van der Waals surface area contributed by atoms with E-state index in [4.69, 9.17) is 0 Å². The van der Waals surface area contributed by atoms with Crippen LogP contribution in [0.2, 0.25) is 0 Å². The zero-order valence-electron chi connectivity index (χ0n) is 8.70. The van der Waals surface area contributed by atoms with E-state index in [1.54, 1.807) is 0 Å². The van der Waals surface area contributed by atoms with Crippen molar-refractivity contribution in [1.29, 1.82) is 0 Å². The Morgan fingerprint density at radius 2 is 1.41 bits per heavy atom. The predicted octanol–water partition coefficient (Wildman–Crippen LogP) is 1.09. The fourth-order valence-electron chi connectivity index (χ4n) is 1.64. The molecule has 0 aliphatic heterocycles. The molecule has 0 bridgehead atoms. The number of hydrogen-bond acceptors (Lipinski definition) is 4. The molecule has 0 aromatic rings. The first kappa shape index (κ1) is 14.7. The monoisotopic (exact) mass is 295 g/mol. The number of rotatable bonds is 3. The van der Waals surface area contributed by atoms with Crippen LogP contribution in [-0.4, -0.2) is 27.6 Å². The fraction of sp³-hybridized carbons (Fsp3) is 1.00. The summed E-state index contributed by atoms with van der Waals surface area (Å²) in [4.78, 5) is 0. The molecular weight excluding hydrogens is 283 g/mol. The highest BCUT2D eigenvalue weighted by molar-refractivity contribution is 8.05. The Bertz CT molecular complexity index is 462. The Hall–Kier alpha value is -0.350. The third-order valence-corrected chi connectivity index (χ3v) is 6.29. The lowest BCUT2D eigenvalue weighted by Crippen LogP contribution is -2.44. The molecule has 0 unspecified atom stereocenters. The van der Waals surface area contributed by atoms with Crippen molar-refractivity contribution in [2.75, 3.05) is 0 Å². The van der Waals surface area contributed by atoms with E-state index in [9.17, 15) is 30.0 Å². The molecule has 0 radical (unpaired) electrons. The van der Waals surface area contributed by atoms with Crippen LogP contribution in [0, 0.1) is 0 Å². The first-order valence-electron chi connectivity index (χ1n) is 4.90. The summed E-state index contributed by atoms with van der Waals surface area (Å²) in [6.07, 6.45) is 2.30. The Balaban J connectivity index is 2.87. The first-order chi connectivity index (χ1) is 7.56. The van der Waals surface area contributed by atoms with Crippen LogP contribution < -0.4 is 4.13 Å². The number of alkyl halides is 3. The van der Waals surface area contributed by atoms with Gasteiger partial charge in [0.25, 0.3) is 0 Å². The second-order valence-corrected chi connectivity index (χ2v) is 7.73. The van der Waals surface area contributed by atoms with Gasteiger partial charge in [-0.1, -0.05) is 19.3 Å². The SMILES string of the molecule is O=S(=O)(NS(=O)(=O)C(F)(F)F)C1CCCCC1. The van der Waals surface area contributed by atoms with E-state index in [0.717, 1.165) is 10.5 Å². The van der Waals surface area contributed by atoms with Crippen molar-refractivity contribution in [3.05, 3.63) is 0 Å². The van der Waals surface area contributed by atoms with Gasteiger partial charge in [0.1, 0.15) is 0 Å². The Labute approximate surface area is 97.5 Å². The topological polar surface area (TPSA) is 80.3 Å². The standard InChI is InChI=1S/C7H12F3NO4S2/c8-7(9,10)17(14,15)11-16(12,13)6-4-2-1-3-5-6/h6,11H,1-5H2. The molecule has 1 aliphatic carbocycles. The summed E-state index contributed by atoms with van der Waals surface area (Å²) in [5.74, 6) is 0. The summed E-state index contributed by atoms with van der Waals surface area (Å²) in [5, 5.41) is -1.06. The van der Waals surface area contributed by atoms with Gasteiger partial charge in [0.15, 0.2) is 0 Å². The highest BCUT2D eigenvalue weighted by atomic mass is 32.3. The van der Waals surface area contributed by atoms with Crippen LogP contribution in [0.1, 0.15) is 32.1 Å². The molecule has 17 heavy (non-hydrogen) atoms. The number of sulfonamides is 2. The number of nitrogens with one attached hydrogen (secondary N) is 1. The Kier molecular flexibility index (Phi) is 4.09. The summed E-state index contributed by atoms with van der Waals surface area (Å²) in [6, 6.07) is 0. The molecule has 1 aliphatic rings. The quantitative estimate of drug-likeness (QED) is 0.845. The average molecular weight is 295 g/mol. The van der Waals surface area contributed by atoms with E-state index in [0.29, 0.717) is 12.8 Å². The molecule has 0 heterocycles. The molecule has 1 saturated carbocycles. The van der Waals surface area contributed by atoms with Crippen molar-refractivity contribution < 1.29 is 30.0 Å². The van der Waals surface area contributed by atoms with Gasteiger partial charge < -0.3 is 0 Å². The smallest absolute Gasteiger partial charge is 0.211 e. The lowest BCUT2D eigenvalue weighted by molar-refractivity contribution is -0.0441. The van der Waals surface area contributed by atoms with E-state index in [1.165, 1.54) is 0 Å². The minimum atomic E-state index is -5.84. The molecule has 0 spiro atoms. The molecule has 0 aromatic heterocycles. The van der Waals surface area contributed by atoms with Gasteiger partial charge in [-0.25, -0.2) is 16.8 Å². The highest BCUT2D eigenvalue weighted by Crippen LogP contribution is 2.26. The third kappa shape index (κ3) is 3.55. The predicted molar refractivity (Wildman–Crippen MR) is 53.9 cm³/mol. The van der Waals surface area contributed by atoms with Crippen molar-refractivity contribution in [2.24, 2.45) is 0 Å². The molecule has 0 atom stereocenters. The van der Waals surface area contributed by atoms with Gasteiger partial charge in [-0.3, -0.25) is 0 Å². The van der Waals surface area contributed by atoms with Crippen molar-refractivity contribution >= 4 is 20.0 Å². The van der Waals surface area contributed by atoms with Crippen molar-refractivity contribution in [3.8, 4) is 0 Å². The summed E-state index contributed by atoms with van der Waals surface area (Å²) >= 11 is 0. The zero-order valence-corrected chi connectivity index (χ0v) is 10.3. The first-order valence-corrected chi connectivity index (χ1v) is 7.93. The highest BCUT2D eigenvalue weighted by Gasteiger charge is 2.49. The van der Waals surface area contributed by atoms with E-state index in [1.807, 2.05) is 0 Å². The number of hydrogen-bond donors (Lipinski definition) is 1. The molecule has 1 rings (SSSR count). The normalized spacial score (nSPS) is 20.4.